The highest BCUT2D eigenvalue weighted by molar-refractivity contribution is 5.57. The quantitative estimate of drug-likeness (QED) is 0.594. The molecule has 0 saturated heterocycles. The number of rotatable bonds is 4. The number of nitrogens with one attached hydrogen (secondary N) is 1. The predicted octanol–water partition coefficient (Wildman–Crippen LogP) is 1.57. The highest BCUT2D eigenvalue weighted by Crippen LogP contribution is 2.25. The van der Waals surface area contributed by atoms with Crippen molar-refractivity contribution in [3.05, 3.63) is 16.3 Å². The number of hydrogen-bond acceptors (Lipinski definition) is 6. The summed E-state index contributed by atoms with van der Waals surface area (Å²) in [6, 6.07) is 0. The molecule has 0 aliphatic heterocycles. The van der Waals surface area contributed by atoms with Gasteiger partial charge in [-0.2, -0.15) is 4.98 Å². The molecule has 0 atom stereocenters. The Morgan fingerprint density at radius 2 is 2.25 bits per heavy atom. The maximum atomic E-state index is 10.8. The highest BCUT2D eigenvalue weighted by atomic mass is 16.6. The molecule has 0 saturated carbocycles. The molecule has 16 heavy (non-hydrogen) atoms. The van der Waals surface area contributed by atoms with Crippen LogP contribution in [0.25, 0.3) is 0 Å². The van der Waals surface area contributed by atoms with Crippen LogP contribution >= 0.6 is 0 Å². The Bertz CT molecular complexity index is 405. The van der Waals surface area contributed by atoms with Gasteiger partial charge >= 0.3 is 5.69 Å². The van der Waals surface area contributed by atoms with Crippen LogP contribution in [-0.2, 0) is 0 Å². The number of aromatic nitrogens is 2. The standard InChI is InChI=1S/C9H15N5O2/c1-4-9(2,3)13-7-6(14(15)16)5-11-8(10)12-7/h5H,4H2,1-3H3,(H3,10,11,12,13). The van der Waals surface area contributed by atoms with E-state index in [4.69, 9.17) is 5.73 Å². The average Bonchev–Trinajstić information content (AvgIpc) is 2.16. The Morgan fingerprint density at radius 1 is 1.62 bits per heavy atom. The average molecular weight is 225 g/mol. The van der Waals surface area contributed by atoms with Crippen LogP contribution in [0, 0.1) is 10.1 Å². The van der Waals surface area contributed by atoms with Crippen molar-refractivity contribution in [3.8, 4) is 0 Å². The summed E-state index contributed by atoms with van der Waals surface area (Å²) in [5.41, 5.74) is 4.95. The van der Waals surface area contributed by atoms with Crippen LogP contribution in [0.5, 0.6) is 0 Å². The zero-order valence-electron chi connectivity index (χ0n) is 9.52. The topological polar surface area (TPSA) is 107 Å². The van der Waals surface area contributed by atoms with E-state index in [-0.39, 0.29) is 23.0 Å². The first kappa shape index (κ1) is 12.2. The molecule has 88 valence electrons. The molecule has 7 nitrogen and oxygen atoms in total. The van der Waals surface area contributed by atoms with Gasteiger partial charge in [0.2, 0.25) is 11.8 Å². The van der Waals surface area contributed by atoms with Crippen LogP contribution in [0.2, 0.25) is 0 Å². The summed E-state index contributed by atoms with van der Waals surface area (Å²) in [5.74, 6) is 0.171. The first-order chi connectivity index (χ1) is 7.35. The predicted molar refractivity (Wildman–Crippen MR) is 61.1 cm³/mol. The van der Waals surface area contributed by atoms with Crippen molar-refractivity contribution in [1.29, 1.82) is 0 Å². The minimum atomic E-state index is -0.534. The minimum absolute atomic E-state index is 0.0139. The molecule has 0 fully saturated rings. The summed E-state index contributed by atoms with van der Waals surface area (Å²) in [5, 5.41) is 13.7. The Morgan fingerprint density at radius 3 is 2.75 bits per heavy atom. The van der Waals surface area contributed by atoms with E-state index in [2.05, 4.69) is 15.3 Å². The molecule has 7 heteroatoms. The maximum absolute atomic E-state index is 10.8. The fourth-order valence-corrected chi connectivity index (χ4v) is 1.02. The summed E-state index contributed by atoms with van der Waals surface area (Å²) < 4.78 is 0. The molecule has 1 aromatic rings. The molecular weight excluding hydrogens is 210 g/mol. The molecular formula is C9H15N5O2. The third-order valence-electron chi connectivity index (χ3n) is 2.33. The van der Waals surface area contributed by atoms with E-state index in [1.807, 2.05) is 20.8 Å². The molecule has 0 unspecified atom stereocenters. The number of nitrogen functional groups attached to an aromatic ring is 1. The van der Waals surface area contributed by atoms with Crippen LogP contribution in [-0.4, -0.2) is 20.4 Å². The van der Waals surface area contributed by atoms with E-state index in [0.29, 0.717) is 0 Å². The Balaban J connectivity index is 3.10. The third-order valence-corrected chi connectivity index (χ3v) is 2.33. The number of nitro groups is 1. The first-order valence-corrected chi connectivity index (χ1v) is 4.91. The Hall–Kier alpha value is -1.92. The molecule has 1 aromatic heterocycles. The lowest BCUT2D eigenvalue weighted by Gasteiger charge is -2.24. The second-order valence-corrected chi connectivity index (χ2v) is 4.08. The second kappa shape index (κ2) is 4.30. The van der Waals surface area contributed by atoms with Gasteiger partial charge in [-0.05, 0) is 20.3 Å². The van der Waals surface area contributed by atoms with Gasteiger partial charge in [-0.3, -0.25) is 10.1 Å². The molecule has 0 aromatic carbocycles. The molecule has 0 spiro atoms. The molecule has 0 radical (unpaired) electrons. The molecule has 0 aliphatic carbocycles. The normalized spacial score (nSPS) is 11.2. The van der Waals surface area contributed by atoms with E-state index in [9.17, 15) is 10.1 Å². The van der Waals surface area contributed by atoms with Crippen molar-refractivity contribution < 1.29 is 4.92 Å². The maximum Gasteiger partial charge on any atom is 0.329 e. The lowest BCUT2D eigenvalue weighted by Crippen LogP contribution is -2.30. The summed E-state index contributed by atoms with van der Waals surface area (Å²) >= 11 is 0. The monoisotopic (exact) mass is 225 g/mol. The Labute approximate surface area is 93.2 Å². The van der Waals surface area contributed by atoms with Gasteiger partial charge in [0.05, 0.1) is 4.92 Å². The van der Waals surface area contributed by atoms with Gasteiger partial charge in [-0.1, -0.05) is 6.92 Å². The lowest BCUT2D eigenvalue weighted by molar-refractivity contribution is -0.384. The van der Waals surface area contributed by atoms with E-state index >= 15 is 0 Å². The van der Waals surface area contributed by atoms with Gasteiger partial charge in [0.25, 0.3) is 0 Å². The molecule has 1 heterocycles. The molecule has 0 amide bonds. The number of anilines is 2. The van der Waals surface area contributed by atoms with Gasteiger partial charge in [0.1, 0.15) is 6.20 Å². The summed E-state index contributed by atoms with van der Waals surface area (Å²) in [4.78, 5) is 17.7. The van der Waals surface area contributed by atoms with Crippen LogP contribution in [0.4, 0.5) is 17.5 Å². The highest BCUT2D eigenvalue weighted by Gasteiger charge is 2.23. The second-order valence-electron chi connectivity index (χ2n) is 4.08. The largest absolute Gasteiger partial charge is 0.368 e. The Kier molecular flexibility index (Phi) is 3.26. The number of nitrogens with two attached hydrogens (primary N) is 1. The van der Waals surface area contributed by atoms with Gasteiger partial charge in [-0.25, -0.2) is 4.98 Å². The zero-order chi connectivity index (χ0) is 12.3. The van der Waals surface area contributed by atoms with Crippen molar-refractivity contribution in [2.75, 3.05) is 11.1 Å². The van der Waals surface area contributed by atoms with Crippen LogP contribution in [0.1, 0.15) is 27.2 Å². The van der Waals surface area contributed by atoms with Crippen molar-refractivity contribution in [1.82, 2.24) is 9.97 Å². The van der Waals surface area contributed by atoms with Gasteiger partial charge in [0.15, 0.2) is 0 Å². The summed E-state index contributed by atoms with van der Waals surface area (Å²) in [7, 11) is 0. The molecule has 0 aliphatic rings. The van der Waals surface area contributed by atoms with Crippen LogP contribution in [0.3, 0.4) is 0 Å². The fourth-order valence-electron chi connectivity index (χ4n) is 1.02. The van der Waals surface area contributed by atoms with Gasteiger partial charge in [0, 0.05) is 5.54 Å². The van der Waals surface area contributed by atoms with E-state index in [0.717, 1.165) is 12.6 Å². The summed E-state index contributed by atoms with van der Waals surface area (Å²) in [6.07, 6.45) is 1.91. The zero-order valence-corrected chi connectivity index (χ0v) is 9.52. The smallest absolute Gasteiger partial charge is 0.329 e. The van der Waals surface area contributed by atoms with Crippen LogP contribution < -0.4 is 11.1 Å². The molecule has 1 rings (SSSR count). The van der Waals surface area contributed by atoms with Crippen molar-refractivity contribution in [2.24, 2.45) is 0 Å². The van der Waals surface area contributed by atoms with E-state index in [1.165, 1.54) is 0 Å². The van der Waals surface area contributed by atoms with E-state index < -0.39 is 4.92 Å². The molecule has 0 bridgehead atoms. The van der Waals surface area contributed by atoms with Crippen LogP contribution in [0.15, 0.2) is 6.20 Å². The van der Waals surface area contributed by atoms with Crippen molar-refractivity contribution in [2.45, 2.75) is 32.7 Å². The van der Waals surface area contributed by atoms with Crippen molar-refractivity contribution >= 4 is 17.5 Å². The first-order valence-electron chi connectivity index (χ1n) is 4.91. The number of nitrogens with zero attached hydrogens (tertiary/aromatic N) is 3. The van der Waals surface area contributed by atoms with Crippen molar-refractivity contribution in [3.63, 3.8) is 0 Å². The third kappa shape index (κ3) is 2.78. The number of hydrogen-bond donors (Lipinski definition) is 2. The SMILES string of the molecule is CCC(C)(C)Nc1nc(N)ncc1[N+](=O)[O-]. The lowest BCUT2D eigenvalue weighted by atomic mass is 10.0. The molecule has 3 N–H and O–H groups in total. The van der Waals surface area contributed by atoms with Gasteiger partial charge in [-0.15, -0.1) is 0 Å². The van der Waals surface area contributed by atoms with Gasteiger partial charge < -0.3 is 11.1 Å². The summed E-state index contributed by atoms with van der Waals surface area (Å²) in [6.45, 7) is 5.83. The fraction of sp³-hybridized carbons (Fsp3) is 0.556. The minimum Gasteiger partial charge on any atom is -0.368 e. The van der Waals surface area contributed by atoms with E-state index in [1.54, 1.807) is 0 Å².